The van der Waals surface area contributed by atoms with E-state index in [1.807, 2.05) is 54.6 Å². The number of ether oxygens (including phenoxy) is 1. The van der Waals surface area contributed by atoms with E-state index in [1.54, 1.807) is 12.4 Å². The van der Waals surface area contributed by atoms with Gasteiger partial charge in [-0.05, 0) is 29.8 Å². The van der Waals surface area contributed by atoms with Crippen molar-refractivity contribution < 1.29 is 14.8 Å². The summed E-state index contributed by atoms with van der Waals surface area (Å²) >= 11 is 0. The molecule has 0 saturated heterocycles. The molecule has 3 rings (SSSR count). The van der Waals surface area contributed by atoms with Gasteiger partial charge in [0.1, 0.15) is 30.2 Å². The van der Waals surface area contributed by atoms with E-state index in [0.717, 1.165) is 21.4 Å². The first-order chi connectivity index (χ1) is 14.4. The van der Waals surface area contributed by atoms with Gasteiger partial charge in [-0.25, -0.2) is 4.79 Å². The number of hydrogen-bond acceptors (Lipinski definition) is 5. The minimum absolute atomic E-state index is 0.0367. The Bertz CT molecular complexity index is 1150. The molecule has 30 heavy (non-hydrogen) atoms. The summed E-state index contributed by atoms with van der Waals surface area (Å²) in [6.45, 7) is 0.768. The predicted octanol–water partition coefficient (Wildman–Crippen LogP) is 0.132. The number of ketones is 1. The first-order valence-corrected chi connectivity index (χ1v) is 9.53. The average molecular weight is 409 g/mol. The van der Waals surface area contributed by atoms with Crippen molar-refractivity contribution in [3.05, 3.63) is 92.1 Å². The van der Waals surface area contributed by atoms with Gasteiger partial charge in [0, 0.05) is 12.6 Å². The Hall–Kier alpha value is -3.65. The average Bonchev–Trinajstić information content (AvgIpc) is 2.76. The number of carbonyl (C=O) groups excluding carboxylic acids is 1. The van der Waals surface area contributed by atoms with Crippen molar-refractivity contribution in [3.63, 3.8) is 0 Å². The molecule has 3 aromatic rings. The predicted molar refractivity (Wildman–Crippen MR) is 114 cm³/mol. The number of nitrogen functional groups attached to an aromatic ring is 1. The molecule has 156 valence electrons. The summed E-state index contributed by atoms with van der Waals surface area (Å²) in [4.78, 5) is 37.9. The van der Waals surface area contributed by atoms with E-state index in [2.05, 4.69) is 0 Å². The third-order valence-electron chi connectivity index (χ3n) is 4.91. The zero-order valence-electron chi connectivity index (χ0n) is 17.0. The molecule has 1 aromatic heterocycles. The second-order valence-electron chi connectivity index (χ2n) is 6.95. The van der Waals surface area contributed by atoms with Crippen molar-refractivity contribution in [2.75, 3.05) is 19.4 Å². The number of aromatic nitrogens is 2. The Morgan fingerprint density at radius 3 is 2.33 bits per heavy atom. The minimum atomic E-state index is -0.676. The summed E-state index contributed by atoms with van der Waals surface area (Å²) in [5, 5.41) is 1.79. The van der Waals surface area contributed by atoms with E-state index >= 15 is 0 Å². The highest BCUT2D eigenvalue weighted by Crippen LogP contribution is 2.11. The van der Waals surface area contributed by atoms with Gasteiger partial charge in [0.15, 0.2) is 0 Å². The van der Waals surface area contributed by atoms with Crippen LogP contribution in [0.1, 0.15) is 21.5 Å². The number of methoxy groups -OCH3 is 1. The Kier molecular flexibility index (Phi) is 6.48. The molecule has 1 heterocycles. The number of Topliss-reactive ketones (excluding diaryl/α,β-unsaturated/α-hetero) is 1. The Balaban J connectivity index is 1.80. The number of benzene rings is 2. The highest BCUT2D eigenvalue weighted by molar-refractivity contribution is 6.00. The van der Waals surface area contributed by atoms with Gasteiger partial charge in [0.25, 0.3) is 5.56 Å². The van der Waals surface area contributed by atoms with Crippen LogP contribution in [0.5, 0.6) is 5.75 Å². The monoisotopic (exact) mass is 409 g/mol. The number of hydrogen-bond donors (Lipinski definition) is 2. The number of anilines is 1. The van der Waals surface area contributed by atoms with Crippen LogP contribution in [-0.2, 0) is 20.1 Å². The summed E-state index contributed by atoms with van der Waals surface area (Å²) in [6, 6.07) is 16.8. The highest BCUT2D eigenvalue weighted by Gasteiger charge is 2.22. The molecule has 0 bridgehead atoms. The second kappa shape index (κ2) is 9.23. The lowest BCUT2D eigenvalue weighted by Crippen LogP contribution is -2.84. The van der Waals surface area contributed by atoms with E-state index in [1.165, 1.54) is 11.6 Å². The third-order valence-corrected chi connectivity index (χ3v) is 4.91. The van der Waals surface area contributed by atoms with Crippen LogP contribution >= 0.6 is 0 Å². The summed E-state index contributed by atoms with van der Waals surface area (Å²) < 4.78 is 7.31. The fourth-order valence-electron chi connectivity index (χ4n) is 3.20. The van der Waals surface area contributed by atoms with Crippen molar-refractivity contribution in [2.45, 2.75) is 13.1 Å². The van der Waals surface area contributed by atoms with Crippen molar-refractivity contribution in [2.24, 2.45) is 7.05 Å². The van der Waals surface area contributed by atoms with Gasteiger partial charge in [-0.3, -0.25) is 18.7 Å². The van der Waals surface area contributed by atoms with E-state index in [0.29, 0.717) is 6.54 Å². The lowest BCUT2D eigenvalue weighted by Gasteiger charge is -2.14. The maximum Gasteiger partial charge on any atom is 0.332 e. The molecule has 0 radical (unpaired) electrons. The second-order valence-corrected chi connectivity index (χ2v) is 6.95. The molecule has 0 amide bonds. The van der Waals surface area contributed by atoms with Crippen LogP contribution in [-0.4, -0.2) is 28.6 Å². The maximum absolute atomic E-state index is 12.8. The zero-order valence-corrected chi connectivity index (χ0v) is 17.0. The lowest BCUT2D eigenvalue weighted by atomic mass is 10.1. The van der Waals surface area contributed by atoms with Crippen molar-refractivity contribution in [3.8, 4) is 5.75 Å². The van der Waals surface area contributed by atoms with Gasteiger partial charge >= 0.3 is 5.69 Å². The molecule has 0 aliphatic rings. The van der Waals surface area contributed by atoms with Crippen LogP contribution in [0.3, 0.4) is 0 Å². The molecular formula is C22H25N4O4+. The van der Waals surface area contributed by atoms with Gasteiger partial charge in [-0.1, -0.05) is 30.3 Å². The Labute approximate surface area is 173 Å². The van der Waals surface area contributed by atoms with Crippen LogP contribution in [0.4, 0.5) is 5.82 Å². The van der Waals surface area contributed by atoms with Crippen LogP contribution in [0.15, 0.2) is 64.2 Å². The van der Waals surface area contributed by atoms with Crippen LogP contribution in [0, 0.1) is 0 Å². The van der Waals surface area contributed by atoms with E-state index in [-0.39, 0.29) is 24.5 Å². The number of rotatable bonds is 8. The Morgan fingerprint density at radius 1 is 1.03 bits per heavy atom. The highest BCUT2D eigenvalue weighted by atomic mass is 16.5. The van der Waals surface area contributed by atoms with Crippen LogP contribution in [0.25, 0.3) is 0 Å². The van der Waals surface area contributed by atoms with Crippen molar-refractivity contribution in [1.29, 1.82) is 0 Å². The summed E-state index contributed by atoms with van der Waals surface area (Å²) in [6.07, 6.45) is 0. The zero-order chi connectivity index (χ0) is 21.7. The van der Waals surface area contributed by atoms with Crippen LogP contribution in [0.2, 0.25) is 0 Å². The van der Waals surface area contributed by atoms with Crippen LogP contribution < -0.4 is 27.0 Å². The molecule has 8 heteroatoms. The number of nitrogens with two attached hydrogens (primary N) is 2. The summed E-state index contributed by atoms with van der Waals surface area (Å²) in [7, 11) is 2.95. The van der Waals surface area contributed by atoms with E-state index < -0.39 is 17.0 Å². The molecule has 0 saturated carbocycles. The van der Waals surface area contributed by atoms with Gasteiger partial charge in [0.2, 0.25) is 5.78 Å². The summed E-state index contributed by atoms with van der Waals surface area (Å²) in [5.74, 6) is 0.241. The molecule has 0 unspecified atom stereocenters. The molecule has 2 aromatic carbocycles. The van der Waals surface area contributed by atoms with Gasteiger partial charge in [-0.15, -0.1) is 0 Å². The van der Waals surface area contributed by atoms with E-state index in [4.69, 9.17) is 10.5 Å². The molecule has 0 fully saturated rings. The van der Waals surface area contributed by atoms with Crippen molar-refractivity contribution in [1.82, 2.24) is 9.13 Å². The lowest BCUT2D eigenvalue weighted by molar-refractivity contribution is -0.658. The third kappa shape index (κ3) is 4.49. The SMILES string of the molecule is COc1ccc(C[NH2+]CC(=O)c2c(N)n(Cc3ccccc3)c(=O)n(C)c2=O)cc1. The molecule has 0 spiro atoms. The molecule has 0 atom stereocenters. The molecule has 4 N–H and O–H groups in total. The topological polar surface area (TPSA) is 113 Å². The van der Waals surface area contributed by atoms with Gasteiger partial charge < -0.3 is 15.8 Å². The number of nitrogens with zero attached hydrogens (tertiary/aromatic N) is 2. The summed E-state index contributed by atoms with van der Waals surface area (Å²) in [5.41, 5.74) is 6.59. The normalized spacial score (nSPS) is 10.7. The van der Waals surface area contributed by atoms with Crippen molar-refractivity contribution >= 4 is 11.6 Å². The van der Waals surface area contributed by atoms with Gasteiger partial charge in [-0.2, -0.15) is 0 Å². The quantitative estimate of drug-likeness (QED) is 0.514. The fourth-order valence-corrected chi connectivity index (χ4v) is 3.20. The standard InChI is InChI=1S/C22H24N4O4/c1-25-21(28)19(18(27)13-24-12-15-8-10-17(30-2)11-9-15)20(23)26(22(25)29)14-16-6-4-3-5-7-16/h3-11,24H,12-14,23H2,1-2H3/p+1. The number of carbonyl (C=O) groups is 1. The first-order valence-electron chi connectivity index (χ1n) is 9.53. The molecule has 0 aliphatic heterocycles. The Morgan fingerprint density at radius 2 is 1.70 bits per heavy atom. The number of quaternary nitrogens is 1. The maximum atomic E-state index is 12.8. The molecule has 8 nitrogen and oxygen atoms in total. The first kappa shape index (κ1) is 21.1. The minimum Gasteiger partial charge on any atom is -0.497 e. The molecular weight excluding hydrogens is 384 g/mol. The smallest absolute Gasteiger partial charge is 0.332 e. The fraction of sp³-hybridized carbons (Fsp3) is 0.227. The molecule has 0 aliphatic carbocycles. The largest absolute Gasteiger partial charge is 0.497 e. The van der Waals surface area contributed by atoms with E-state index in [9.17, 15) is 14.4 Å². The van der Waals surface area contributed by atoms with Gasteiger partial charge in [0.05, 0.1) is 13.7 Å².